The number of rotatable bonds is 6. The molecule has 2 amide bonds. The van der Waals surface area contributed by atoms with E-state index in [1.807, 2.05) is 0 Å². The number of nitrogens with one attached hydrogen (secondary N) is 1. The zero-order valence-electron chi connectivity index (χ0n) is 14.2. The molecule has 0 bridgehead atoms. The number of hydroxylamine groups is 2. The molecule has 0 radical (unpaired) electrons. The molecule has 0 saturated heterocycles. The summed E-state index contributed by atoms with van der Waals surface area (Å²) in [7, 11) is -0.0825. The third-order valence-corrected chi connectivity index (χ3v) is 5.88. The number of carbonyl (C=O) groups excluding carboxylic acids is 1. The quantitative estimate of drug-likeness (QED) is 0.693. The monoisotopic (exact) mass is 404 g/mol. The highest BCUT2D eigenvalue weighted by atomic mass is 32.3. The third kappa shape index (κ3) is 4.59. The van der Waals surface area contributed by atoms with E-state index in [9.17, 15) is 13.2 Å². The van der Waals surface area contributed by atoms with E-state index in [4.69, 9.17) is 14.3 Å². The van der Waals surface area contributed by atoms with Gasteiger partial charge in [0.2, 0.25) is 22.4 Å². The van der Waals surface area contributed by atoms with Crippen LogP contribution in [-0.4, -0.2) is 55.5 Å². The summed E-state index contributed by atoms with van der Waals surface area (Å²) in [6, 6.07) is 0.314. The molecule has 1 aromatic heterocycles. The van der Waals surface area contributed by atoms with Gasteiger partial charge in [0.15, 0.2) is 0 Å². The molecule has 26 heavy (non-hydrogen) atoms. The first-order valence-electron chi connectivity index (χ1n) is 6.91. The van der Waals surface area contributed by atoms with Gasteiger partial charge < -0.3 is 9.47 Å². The Labute approximate surface area is 153 Å². The number of hydrogen-bond donors (Lipinski definition) is 1. The second kappa shape index (κ2) is 8.29. The second-order valence-corrected chi connectivity index (χ2v) is 7.51. The molecule has 0 aromatic carbocycles. The molecule has 1 unspecified atom stereocenters. The van der Waals surface area contributed by atoms with Gasteiger partial charge in [0.05, 0.1) is 27.4 Å². The standard InChI is InChI=1S/C12H16N6O6S2/c1-7-6-25-12(18(7)24-4)26(20,21)17-16-11(19)15-10-13-8(22-2)5-9(14-10)23-3/h5-6,12H,1-4H3,(H,13,14,15,19). The van der Waals surface area contributed by atoms with Crippen LogP contribution >= 0.6 is 11.8 Å². The molecule has 1 aliphatic heterocycles. The summed E-state index contributed by atoms with van der Waals surface area (Å²) < 4.78 is 36.3. The fourth-order valence-corrected chi connectivity index (χ4v) is 4.16. The highest BCUT2D eigenvalue weighted by Crippen LogP contribution is 2.34. The fraction of sp³-hybridized carbons (Fsp3) is 0.417. The lowest BCUT2D eigenvalue weighted by atomic mass is 10.6. The fourth-order valence-electron chi connectivity index (χ4n) is 1.78. The van der Waals surface area contributed by atoms with Gasteiger partial charge in [-0.1, -0.05) is 21.4 Å². The Morgan fingerprint density at radius 1 is 1.27 bits per heavy atom. The summed E-state index contributed by atoms with van der Waals surface area (Å²) in [5.41, 5.74) is 0.586. The maximum absolute atomic E-state index is 12.2. The van der Waals surface area contributed by atoms with Crippen molar-refractivity contribution in [3.05, 3.63) is 17.2 Å². The van der Waals surface area contributed by atoms with Crippen LogP contribution in [-0.2, 0) is 14.9 Å². The summed E-state index contributed by atoms with van der Waals surface area (Å²) in [5, 5.41) is 8.07. The summed E-state index contributed by atoms with van der Waals surface area (Å²) in [5.74, 6) is 0.0847. The van der Waals surface area contributed by atoms with Crippen LogP contribution in [0.2, 0.25) is 0 Å². The van der Waals surface area contributed by atoms with E-state index in [0.717, 1.165) is 16.8 Å². The Balaban J connectivity index is 2.10. The minimum atomic E-state index is -4.15. The van der Waals surface area contributed by atoms with Gasteiger partial charge in [0.1, 0.15) is 0 Å². The first-order chi connectivity index (χ1) is 12.3. The molecule has 0 aliphatic carbocycles. The number of allylic oxidation sites excluding steroid dienone is 1. The molecule has 2 heterocycles. The van der Waals surface area contributed by atoms with Crippen LogP contribution in [0.1, 0.15) is 6.92 Å². The summed E-state index contributed by atoms with van der Waals surface area (Å²) in [6.07, 6.45) is 0. The number of aromatic nitrogens is 2. The van der Waals surface area contributed by atoms with Crippen LogP contribution in [0.25, 0.3) is 0 Å². The van der Waals surface area contributed by atoms with Crippen molar-refractivity contribution >= 4 is 33.8 Å². The molecule has 0 saturated carbocycles. The summed E-state index contributed by atoms with van der Waals surface area (Å²) in [4.78, 5) is 24.5. The first-order valence-corrected chi connectivity index (χ1v) is 9.35. The van der Waals surface area contributed by atoms with Crippen molar-refractivity contribution in [3.8, 4) is 11.8 Å². The largest absolute Gasteiger partial charge is 0.481 e. The Hall–Kier alpha value is -2.45. The van der Waals surface area contributed by atoms with Crippen molar-refractivity contribution in [2.45, 2.75) is 11.6 Å². The molecule has 0 fully saturated rings. The number of sulfonamides is 1. The van der Waals surface area contributed by atoms with Crippen LogP contribution in [0.3, 0.4) is 0 Å². The van der Waals surface area contributed by atoms with Gasteiger partial charge in [-0.25, -0.2) is 9.86 Å². The molecule has 14 heteroatoms. The number of thioether (sulfide) groups is 1. The van der Waals surface area contributed by atoms with Gasteiger partial charge in [-0.3, -0.25) is 10.2 Å². The molecule has 1 N–H and O–H groups in total. The highest BCUT2D eigenvalue weighted by molar-refractivity contribution is 8.14. The van der Waals surface area contributed by atoms with Crippen molar-refractivity contribution in [3.63, 3.8) is 0 Å². The lowest BCUT2D eigenvalue weighted by Crippen LogP contribution is -2.32. The van der Waals surface area contributed by atoms with Crippen LogP contribution in [0, 0.1) is 0 Å². The predicted octanol–water partition coefficient (Wildman–Crippen LogP) is 1.56. The third-order valence-electron chi connectivity index (χ3n) is 2.91. The van der Waals surface area contributed by atoms with Gasteiger partial charge in [-0.15, -0.1) is 0 Å². The molecule has 1 aromatic rings. The Morgan fingerprint density at radius 3 is 2.42 bits per heavy atom. The number of methoxy groups -OCH3 is 2. The molecular weight excluding hydrogens is 388 g/mol. The number of carbonyl (C=O) groups is 1. The average molecular weight is 404 g/mol. The van der Waals surface area contributed by atoms with Gasteiger partial charge >= 0.3 is 16.1 Å². The highest BCUT2D eigenvalue weighted by Gasteiger charge is 2.37. The van der Waals surface area contributed by atoms with E-state index in [-0.39, 0.29) is 17.7 Å². The van der Waals surface area contributed by atoms with Crippen LogP contribution in [0.5, 0.6) is 11.8 Å². The number of urea groups is 1. The smallest absolute Gasteiger partial charge is 0.367 e. The molecule has 0 spiro atoms. The lowest BCUT2D eigenvalue weighted by molar-refractivity contribution is -0.0898. The van der Waals surface area contributed by atoms with Gasteiger partial charge in [-0.05, 0) is 12.3 Å². The molecule has 1 atom stereocenters. The maximum Gasteiger partial charge on any atom is 0.367 e. The normalized spacial score (nSPS) is 17.3. The molecule has 12 nitrogen and oxygen atoms in total. The van der Waals surface area contributed by atoms with E-state index in [1.54, 1.807) is 12.3 Å². The van der Waals surface area contributed by atoms with Crippen molar-refractivity contribution < 1.29 is 27.5 Å². The summed E-state index contributed by atoms with van der Waals surface area (Å²) in [6.45, 7) is 1.67. The van der Waals surface area contributed by atoms with Gasteiger partial charge in [-0.2, -0.15) is 18.4 Å². The average Bonchev–Trinajstić information content (AvgIpc) is 3.01. The number of amides is 2. The molecule has 142 valence electrons. The number of nitrogens with zero attached hydrogens (tertiary/aromatic N) is 5. The van der Waals surface area contributed by atoms with E-state index in [1.165, 1.54) is 27.4 Å². The van der Waals surface area contributed by atoms with Crippen LogP contribution in [0.15, 0.2) is 26.8 Å². The predicted molar refractivity (Wildman–Crippen MR) is 91.9 cm³/mol. The number of ether oxygens (including phenoxy) is 2. The lowest BCUT2D eigenvalue weighted by Gasteiger charge is -2.22. The minimum absolute atomic E-state index is 0.136. The maximum atomic E-state index is 12.2. The van der Waals surface area contributed by atoms with E-state index < -0.39 is 20.8 Å². The van der Waals surface area contributed by atoms with E-state index in [2.05, 4.69) is 24.9 Å². The molecule has 1 aliphatic rings. The van der Waals surface area contributed by atoms with Gasteiger partial charge in [0.25, 0.3) is 0 Å². The van der Waals surface area contributed by atoms with E-state index in [0.29, 0.717) is 5.70 Å². The SMILES string of the molecule is COc1cc(OC)nc(NC(=O)N=NS(=O)(=O)C2SC=C(C)N2OC)n1. The zero-order valence-corrected chi connectivity index (χ0v) is 15.9. The van der Waals surface area contributed by atoms with Crippen molar-refractivity contribution in [1.29, 1.82) is 0 Å². The molecular formula is C12H16N6O6S2. The van der Waals surface area contributed by atoms with Crippen LogP contribution in [0.4, 0.5) is 10.7 Å². The first kappa shape index (κ1) is 19.9. The van der Waals surface area contributed by atoms with Gasteiger partial charge in [0, 0.05) is 5.70 Å². The topological polar surface area (TPSA) is 145 Å². The van der Waals surface area contributed by atoms with Crippen LogP contribution < -0.4 is 14.8 Å². The van der Waals surface area contributed by atoms with Crippen molar-refractivity contribution in [2.75, 3.05) is 26.6 Å². The van der Waals surface area contributed by atoms with E-state index >= 15 is 0 Å². The number of hydrogen-bond acceptors (Lipinski definition) is 10. The number of anilines is 1. The Morgan fingerprint density at radius 2 is 1.88 bits per heavy atom. The minimum Gasteiger partial charge on any atom is -0.481 e. The van der Waals surface area contributed by atoms with Crippen molar-refractivity contribution in [1.82, 2.24) is 15.0 Å². The zero-order chi connectivity index (χ0) is 19.3. The second-order valence-electron chi connectivity index (χ2n) is 4.61. The Bertz CT molecular complexity index is 820. The van der Waals surface area contributed by atoms with Crippen molar-refractivity contribution in [2.24, 2.45) is 9.63 Å². The summed E-state index contributed by atoms with van der Waals surface area (Å²) >= 11 is 0.963. The Kier molecular flexibility index (Phi) is 6.33. The molecule has 2 rings (SSSR count).